The van der Waals surface area contributed by atoms with E-state index in [0.29, 0.717) is 12.3 Å². The summed E-state index contributed by atoms with van der Waals surface area (Å²) >= 11 is 0. The SMILES string of the molecule is COc1cccc(CN2C(=O)Cc3ncc(-c4ccc(F)cc4OC)cc32)c1. The molecular weight excluding hydrogens is 359 g/mol. The molecule has 5 nitrogen and oxygen atoms in total. The van der Waals surface area contributed by atoms with Crippen LogP contribution in [0.1, 0.15) is 11.3 Å². The lowest BCUT2D eigenvalue weighted by molar-refractivity contribution is -0.117. The summed E-state index contributed by atoms with van der Waals surface area (Å²) < 4.78 is 24.1. The van der Waals surface area contributed by atoms with Gasteiger partial charge in [0.25, 0.3) is 0 Å². The number of nitrogens with zero attached hydrogens (tertiary/aromatic N) is 2. The summed E-state index contributed by atoms with van der Waals surface area (Å²) in [6, 6.07) is 13.9. The number of benzene rings is 2. The van der Waals surface area contributed by atoms with Gasteiger partial charge in [0.2, 0.25) is 5.91 Å². The van der Waals surface area contributed by atoms with Crippen LogP contribution in [-0.4, -0.2) is 25.1 Å². The van der Waals surface area contributed by atoms with Crippen LogP contribution < -0.4 is 14.4 Å². The van der Waals surface area contributed by atoms with Crippen LogP contribution in [0.25, 0.3) is 11.1 Å². The average Bonchev–Trinajstić information content (AvgIpc) is 3.02. The number of carbonyl (C=O) groups is 1. The molecule has 0 radical (unpaired) electrons. The molecule has 0 saturated carbocycles. The Labute approximate surface area is 162 Å². The largest absolute Gasteiger partial charge is 0.497 e. The van der Waals surface area contributed by atoms with E-state index in [-0.39, 0.29) is 18.1 Å². The summed E-state index contributed by atoms with van der Waals surface area (Å²) in [5.74, 6) is 0.788. The van der Waals surface area contributed by atoms with Gasteiger partial charge in [0.1, 0.15) is 17.3 Å². The number of hydrogen-bond donors (Lipinski definition) is 0. The van der Waals surface area contributed by atoms with Crippen molar-refractivity contribution in [3.05, 3.63) is 71.8 Å². The van der Waals surface area contributed by atoms with Crippen molar-refractivity contribution >= 4 is 11.6 Å². The van der Waals surface area contributed by atoms with Gasteiger partial charge in [-0.25, -0.2) is 4.39 Å². The van der Waals surface area contributed by atoms with Crippen molar-refractivity contribution in [3.8, 4) is 22.6 Å². The lowest BCUT2D eigenvalue weighted by atomic mass is 10.1. The van der Waals surface area contributed by atoms with Crippen molar-refractivity contribution in [2.24, 2.45) is 0 Å². The Morgan fingerprint density at radius 3 is 2.75 bits per heavy atom. The molecule has 1 aliphatic heterocycles. The molecule has 142 valence electrons. The number of methoxy groups -OCH3 is 2. The number of hydrogen-bond acceptors (Lipinski definition) is 4. The van der Waals surface area contributed by atoms with Crippen molar-refractivity contribution in [2.45, 2.75) is 13.0 Å². The number of pyridine rings is 1. The monoisotopic (exact) mass is 378 g/mol. The number of halogens is 1. The Hall–Kier alpha value is -3.41. The van der Waals surface area contributed by atoms with Crippen LogP contribution in [0.15, 0.2) is 54.7 Å². The van der Waals surface area contributed by atoms with E-state index >= 15 is 0 Å². The number of carbonyl (C=O) groups excluding carboxylic acids is 1. The van der Waals surface area contributed by atoms with Crippen LogP contribution in [-0.2, 0) is 17.8 Å². The van der Waals surface area contributed by atoms with Crippen LogP contribution in [0, 0.1) is 5.82 Å². The predicted molar refractivity (Wildman–Crippen MR) is 104 cm³/mol. The van der Waals surface area contributed by atoms with Gasteiger partial charge in [0, 0.05) is 23.4 Å². The second-order valence-corrected chi connectivity index (χ2v) is 6.54. The third-order valence-electron chi connectivity index (χ3n) is 4.81. The molecule has 0 bridgehead atoms. The molecule has 0 atom stereocenters. The number of ether oxygens (including phenoxy) is 2. The summed E-state index contributed by atoms with van der Waals surface area (Å²) in [4.78, 5) is 18.8. The van der Waals surface area contributed by atoms with Crippen molar-refractivity contribution in [2.75, 3.05) is 19.1 Å². The first kappa shape index (κ1) is 18.0. The van der Waals surface area contributed by atoms with Crippen molar-refractivity contribution in [1.82, 2.24) is 4.98 Å². The quantitative estimate of drug-likeness (QED) is 0.674. The molecule has 6 heteroatoms. The molecule has 1 aliphatic rings. The first-order valence-corrected chi connectivity index (χ1v) is 8.85. The van der Waals surface area contributed by atoms with E-state index in [2.05, 4.69) is 4.98 Å². The standard InChI is InChI=1S/C22H19FN2O3/c1-27-17-5-3-4-14(8-17)13-25-20-9-15(12-24-19(20)11-22(25)26)18-7-6-16(23)10-21(18)28-2/h3-10,12H,11,13H2,1-2H3. The molecule has 0 spiro atoms. The highest BCUT2D eigenvalue weighted by molar-refractivity contribution is 6.01. The van der Waals surface area contributed by atoms with Gasteiger partial charge < -0.3 is 14.4 Å². The minimum absolute atomic E-state index is 0.00598. The van der Waals surface area contributed by atoms with Gasteiger partial charge in [-0.3, -0.25) is 9.78 Å². The zero-order chi connectivity index (χ0) is 19.7. The number of rotatable bonds is 5. The van der Waals surface area contributed by atoms with Gasteiger partial charge in [-0.15, -0.1) is 0 Å². The highest BCUT2D eigenvalue weighted by Gasteiger charge is 2.29. The fourth-order valence-corrected chi connectivity index (χ4v) is 3.40. The van der Waals surface area contributed by atoms with E-state index in [4.69, 9.17) is 9.47 Å². The third-order valence-corrected chi connectivity index (χ3v) is 4.81. The highest BCUT2D eigenvalue weighted by atomic mass is 19.1. The summed E-state index contributed by atoms with van der Waals surface area (Å²) in [7, 11) is 3.11. The minimum atomic E-state index is -0.371. The van der Waals surface area contributed by atoms with Gasteiger partial charge in [-0.05, 0) is 35.9 Å². The number of amides is 1. The molecule has 1 amide bonds. The fraction of sp³-hybridized carbons (Fsp3) is 0.182. The van der Waals surface area contributed by atoms with Gasteiger partial charge in [0.15, 0.2) is 0 Å². The minimum Gasteiger partial charge on any atom is -0.497 e. The summed E-state index contributed by atoms with van der Waals surface area (Å²) in [6.07, 6.45) is 1.96. The molecule has 0 unspecified atom stereocenters. The van der Waals surface area contributed by atoms with E-state index in [0.717, 1.165) is 33.8 Å². The van der Waals surface area contributed by atoms with Crippen molar-refractivity contribution < 1.29 is 18.7 Å². The molecule has 3 aromatic rings. The van der Waals surface area contributed by atoms with Crippen molar-refractivity contribution in [3.63, 3.8) is 0 Å². The number of anilines is 1. The molecule has 28 heavy (non-hydrogen) atoms. The summed E-state index contributed by atoms with van der Waals surface area (Å²) in [6.45, 7) is 0.425. The van der Waals surface area contributed by atoms with Crippen LogP contribution in [0.4, 0.5) is 10.1 Å². The lowest BCUT2D eigenvalue weighted by Gasteiger charge is -2.18. The van der Waals surface area contributed by atoms with E-state index < -0.39 is 0 Å². The third kappa shape index (κ3) is 3.29. The lowest BCUT2D eigenvalue weighted by Crippen LogP contribution is -2.26. The second-order valence-electron chi connectivity index (χ2n) is 6.54. The molecular formula is C22H19FN2O3. The Kier molecular flexibility index (Phi) is 4.69. The van der Waals surface area contributed by atoms with E-state index in [1.165, 1.54) is 19.2 Å². The second kappa shape index (κ2) is 7.31. The van der Waals surface area contributed by atoms with Crippen LogP contribution in [0.5, 0.6) is 11.5 Å². The first-order chi connectivity index (χ1) is 13.6. The van der Waals surface area contributed by atoms with Gasteiger partial charge in [0.05, 0.1) is 38.6 Å². The van der Waals surface area contributed by atoms with Crippen LogP contribution in [0.3, 0.4) is 0 Å². The molecule has 0 N–H and O–H groups in total. The van der Waals surface area contributed by atoms with Crippen molar-refractivity contribution in [1.29, 1.82) is 0 Å². The van der Waals surface area contributed by atoms with Gasteiger partial charge in [-0.1, -0.05) is 12.1 Å². The Bertz CT molecular complexity index is 1050. The average molecular weight is 378 g/mol. The Morgan fingerprint density at radius 2 is 1.96 bits per heavy atom. The molecule has 1 aromatic heterocycles. The van der Waals surface area contributed by atoms with Gasteiger partial charge >= 0.3 is 0 Å². The zero-order valence-electron chi connectivity index (χ0n) is 15.6. The Balaban J connectivity index is 1.71. The normalized spacial score (nSPS) is 12.8. The Morgan fingerprint density at radius 1 is 1.11 bits per heavy atom. The number of aromatic nitrogens is 1. The van der Waals surface area contributed by atoms with Crippen LogP contribution >= 0.6 is 0 Å². The molecule has 0 saturated heterocycles. The van der Waals surface area contributed by atoms with Crippen LogP contribution in [0.2, 0.25) is 0 Å². The zero-order valence-corrected chi connectivity index (χ0v) is 15.6. The van der Waals surface area contributed by atoms with E-state index in [1.807, 2.05) is 30.3 Å². The van der Waals surface area contributed by atoms with E-state index in [9.17, 15) is 9.18 Å². The predicted octanol–water partition coefficient (Wildman–Crippen LogP) is 3.99. The maximum atomic E-state index is 13.5. The smallest absolute Gasteiger partial charge is 0.233 e. The molecule has 2 aromatic carbocycles. The first-order valence-electron chi connectivity index (χ1n) is 8.85. The highest BCUT2D eigenvalue weighted by Crippen LogP contribution is 2.36. The summed E-state index contributed by atoms with van der Waals surface area (Å²) in [5.41, 5.74) is 3.94. The maximum absolute atomic E-state index is 13.5. The molecule has 4 rings (SSSR count). The maximum Gasteiger partial charge on any atom is 0.233 e. The molecule has 0 aliphatic carbocycles. The molecule has 0 fully saturated rings. The molecule has 2 heterocycles. The fourth-order valence-electron chi connectivity index (χ4n) is 3.40. The van der Waals surface area contributed by atoms with E-state index in [1.54, 1.807) is 24.3 Å². The van der Waals surface area contributed by atoms with Gasteiger partial charge in [-0.2, -0.15) is 0 Å². The summed E-state index contributed by atoms with van der Waals surface area (Å²) in [5, 5.41) is 0. The number of fused-ring (bicyclic) bond motifs is 1. The topological polar surface area (TPSA) is 51.7 Å².